The van der Waals surface area contributed by atoms with E-state index >= 15 is 0 Å². The van der Waals surface area contributed by atoms with Crippen LogP contribution in [-0.4, -0.2) is 92.6 Å². The first-order chi connectivity index (χ1) is 16.0. The van der Waals surface area contributed by atoms with Crippen LogP contribution < -0.4 is 21.3 Å². The lowest BCUT2D eigenvalue weighted by Gasteiger charge is -2.41. The van der Waals surface area contributed by atoms with Gasteiger partial charge >= 0.3 is 6.03 Å². The maximum Gasteiger partial charge on any atom is 0.317 e. The van der Waals surface area contributed by atoms with E-state index in [0.717, 1.165) is 44.7 Å². The molecule has 0 aromatic heterocycles. The number of hydrogen-bond acceptors (Lipinski definition) is 6. The monoisotopic (exact) mass is 464 g/mol. The Morgan fingerprint density at radius 1 is 0.848 bits per heavy atom. The van der Waals surface area contributed by atoms with Crippen molar-refractivity contribution in [1.29, 1.82) is 0 Å². The molecule has 4 aliphatic rings. The normalized spacial score (nSPS) is 35.8. The summed E-state index contributed by atoms with van der Waals surface area (Å²) in [6, 6.07) is 0.628. The second-order valence-corrected chi connectivity index (χ2v) is 10.5. The number of hydrogen-bond donors (Lipinski definition) is 4. The van der Waals surface area contributed by atoms with Crippen molar-refractivity contribution in [1.82, 2.24) is 31.1 Å². The highest BCUT2D eigenvalue weighted by molar-refractivity contribution is 5.76. The van der Waals surface area contributed by atoms with Gasteiger partial charge in [0.05, 0.1) is 6.10 Å². The van der Waals surface area contributed by atoms with Gasteiger partial charge in [0.25, 0.3) is 0 Å². The maximum atomic E-state index is 12.7. The summed E-state index contributed by atoms with van der Waals surface area (Å²) >= 11 is 0. The van der Waals surface area contributed by atoms with E-state index in [1.165, 1.54) is 25.7 Å². The van der Waals surface area contributed by atoms with Gasteiger partial charge in [0.2, 0.25) is 5.91 Å². The summed E-state index contributed by atoms with van der Waals surface area (Å²) in [6.07, 6.45) is 9.82. The minimum atomic E-state index is 0.0174. The van der Waals surface area contributed by atoms with Crippen molar-refractivity contribution in [3.05, 3.63) is 0 Å². The van der Waals surface area contributed by atoms with E-state index in [1.807, 2.05) is 16.9 Å². The highest BCUT2D eigenvalue weighted by Gasteiger charge is 2.32. The van der Waals surface area contributed by atoms with E-state index in [2.05, 4.69) is 21.3 Å². The van der Waals surface area contributed by atoms with E-state index in [0.29, 0.717) is 44.2 Å². The molecule has 9 heteroatoms. The molecule has 0 spiro atoms. The lowest BCUT2D eigenvalue weighted by atomic mass is 9.78. The molecule has 2 aliphatic carbocycles. The average Bonchev–Trinajstić information content (AvgIpc) is 2.85. The Morgan fingerprint density at radius 2 is 1.48 bits per heavy atom. The topological polar surface area (TPSA) is 98.0 Å². The number of urea groups is 1. The zero-order valence-corrected chi connectivity index (χ0v) is 20.5. The SMILES string of the molecule is COC1CCC(C2CNC(NC3CCCC(NC(=O)N4CCN(C(C)=O)CC4)C3)NC2)CC1. The van der Waals surface area contributed by atoms with Crippen LogP contribution in [0.1, 0.15) is 58.3 Å². The third kappa shape index (κ3) is 6.81. The molecule has 0 bridgehead atoms. The molecule has 2 saturated carbocycles. The van der Waals surface area contributed by atoms with Crippen LogP contribution in [0.2, 0.25) is 0 Å². The molecule has 4 rings (SSSR count). The number of amides is 3. The zero-order valence-electron chi connectivity index (χ0n) is 20.5. The number of nitrogens with one attached hydrogen (secondary N) is 4. The Labute approximate surface area is 198 Å². The molecular weight excluding hydrogens is 420 g/mol. The second-order valence-electron chi connectivity index (χ2n) is 10.5. The van der Waals surface area contributed by atoms with Gasteiger partial charge in [0.15, 0.2) is 0 Å². The molecule has 2 unspecified atom stereocenters. The number of ether oxygens (including phenoxy) is 1. The number of piperazine rings is 1. The van der Waals surface area contributed by atoms with E-state index in [9.17, 15) is 9.59 Å². The molecule has 4 N–H and O–H groups in total. The van der Waals surface area contributed by atoms with Crippen LogP contribution in [0.4, 0.5) is 4.79 Å². The van der Waals surface area contributed by atoms with Crippen LogP contribution >= 0.6 is 0 Å². The van der Waals surface area contributed by atoms with Crippen molar-refractivity contribution in [2.75, 3.05) is 46.4 Å². The van der Waals surface area contributed by atoms with E-state index < -0.39 is 0 Å². The first-order valence-corrected chi connectivity index (χ1v) is 13.1. The molecule has 9 nitrogen and oxygen atoms in total. The van der Waals surface area contributed by atoms with Crippen molar-refractivity contribution >= 4 is 11.9 Å². The van der Waals surface area contributed by atoms with Crippen molar-refractivity contribution < 1.29 is 14.3 Å². The van der Waals surface area contributed by atoms with E-state index in [-0.39, 0.29) is 24.3 Å². The molecule has 3 amide bonds. The molecule has 4 fully saturated rings. The summed E-state index contributed by atoms with van der Waals surface area (Å²) in [5.41, 5.74) is 0. The van der Waals surface area contributed by atoms with Crippen LogP contribution in [-0.2, 0) is 9.53 Å². The van der Waals surface area contributed by atoms with Gasteiger partial charge in [0, 0.05) is 65.4 Å². The Kier molecular flexibility index (Phi) is 8.85. The Bertz CT molecular complexity index is 640. The summed E-state index contributed by atoms with van der Waals surface area (Å²) in [4.78, 5) is 27.9. The Hall–Kier alpha value is -1.42. The number of rotatable bonds is 5. The quantitative estimate of drug-likeness (QED) is 0.486. The number of nitrogens with zero attached hydrogens (tertiary/aromatic N) is 2. The summed E-state index contributed by atoms with van der Waals surface area (Å²) in [6.45, 7) is 6.21. The van der Waals surface area contributed by atoms with Gasteiger partial charge in [-0.1, -0.05) is 0 Å². The van der Waals surface area contributed by atoms with Crippen LogP contribution in [0.3, 0.4) is 0 Å². The molecular formula is C24H44N6O3. The van der Waals surface area contributed by atoms with E-state index in [1.54, 1.807) is 6.92 Å². The largest absolute Gasteiger partial charge is 0.381 e. The van der Waals surface area contributed by atoms with Gasteiger partial charge in [-0.3, -0.25) is 20.7 Å². The average molecular weight is 465 g/mol. The zero-order chi connectivity index (χ0) is 23.2. The fraction of sp³-hybridized carbons (Fsp3) is 0.917. The van der Waals surface area contributed by atoms with Crippen LogP contribution in [0, 0.1) is 11.8 Å². The molecule has 2 heterocycles. The number of carbonyl (C=O) groups is 2. The van der Waals surface area contributed by atoms with Gasteiger partial charge < -0.3 is 19.9 Å². The number of carbonyl (C=O) groups excluding carboxylic acids is 2. The smallest absolute Gasteiger partial charge is 0.317 e. The summed E-state index contributed by atoms with van der Waals surface area (Å²) in [5, 5.41) is 14.4. The van der Waals surface area contributed by atoms with Crippen molar-refractivity contribution in [2.24, 2.45) is 11.8 Å². The van der Waals surface area contributed by atoms with Crippen LogP contribution in [0.15, 0.2) is 0 Å². The Morgan fingerprint density at radius 3 is 2.12 bits per heavy atom. The molecule has 0 aromatic rings. The van der Waals surface area contributed by atoms with Crippen LogP contribution in [0.25, 0.3) is 0 Å². The van der Waals surface area contributed by atoms with Crippen molar-refractivity contribution in [3.63, 3.8) is 0 Å². The predicted octanol–water partition coefficient (Wildman–Crippen LogP) is 1.06. The first-order valence-electron chi connectivity index (χ1n) is 13.1. The van der Waals surface area contributed by atoms with Gasteiger partial charge in [-0.2, -0.15) is 0 Å². The van der Waals surface area contributed by atoms with Gasteiger partial charge in [-0.05, 0) is 63.2 Å². The van der Waals surface area contributed by atoms with Crippen LogP contribution in [0.5, 0.6) is 0 Å². The lowest BCUT2D eigenvalue weighted by molar-refractivity contribution is -0.130. The second kappa shape index (κ2) is 11.8. The third-order valence-corrected chi connectivity index (χ3v) is 8.30. The minimum absolute atomic E-state index is 0.0174. The van der Waals surface area contributed by atoms with Crippen molar-refractivity contribution in [3.8, 4) is 0 Å². The van der Waals surface area contributed by atoms with E-state index in [4.69, 9.17) is 4.74 Å². The molecule has 0 radical (unpaired) electrons. The molecule has 2 aliphatic heterocycles. The predicted molar refractivity (Wildman–Crippen MR) is 128 cm³/mol. The lowest BCUT2D eigenvalue weighted by Crippen LogP contribution is -2.63. The van der Waals surface area contributed by atoms with Gasteiger partial charge in [-0.15, -0.1) is 0 Å². The van der Waals surface area contributed by atoms with Crippen molar-refractivity contribution in [2.45, 2.75) is 82.8 Å². The fourth-order valence-electron chi connectivity index (χ4n) is 6.13. The highest BCUT2D eigenvalue weighted by Crippen LogP contribution is 2.31. The summed E-state index contributed by atoms with van der Waals surface area (Å²) in [7, 11) is 1.84. The molecule has 33 heavy (non-hydrogen) atoms. The summed E-state index contributed by atoms with van der Waals surface area (Å²) in [5.74, 6) is 1.58. The summed E-state index contributed by atoms with van der Waals surface area (Å²) < 4.78 is 5.52. The minimum Gasteiger partial charge on any atom is -0.381 e. The number of methoxy groups -OCH3 is 1. The van der Waals surface area contributed by atoms with Gasteiger partial charge in [0.1, 0.15) is 6.29 Å². The molecule has 2 atom stereocenters. The molecule has 0 aromatic carbocycles. The molecule has 188 valence electrons. The standard InChI is InChI=1S/C24H44N6O3/c1-17(31)29-10-12-30(13-11-29)24(32)28-21-5-3-4-20(14-21)27-23-25-15-19(16-26-23)18-6-8-22(33-2)9-7-18/h18-23,25-27H,3-16H2,1-2H3,(H,28,32). The third-order valence-electron chi connectivity index (χ3n) is 8.30. The Balaban J connectivity index is 1.15. The fourth-order valence-corrected chi connectivity index (χ4v) is 6.13. The molecule has 2 saturated heterocycles. The van der Waals surface area contributed by atoms with Gasteiger partial charge in [-0.25, -0.2) is 4.79 Å². The maximum absolute atomic E-state index is 12.7. The first kappa shape index (κ1) is 24.7. The highest BCUT2D eigenvalue weighted by atomic mass is 16.5.